The second kappa shape index (κ2) is 34.9. The molecule has 48 heavy (non-hydrogen) atoms. The number of rotatable bonds is 34. The van der Waals surface area contributed by atoms with Crippen molar-refractivity contribution in [2.24, 2.45) is 0 Å². The van der Waals surface area contributed by atoms with Crippen molar-refractivity contribution in [2.45, 2.75) is 167 Å². The van der Waals surface area contributed by atoms with Gasteiger partial charge in [-0.2, -0.15) is 0 Å². The van der Waals surface area contributed by atoms with E-state index in [0.29, 0.717) is 12.8 Å². The maximum atomic E-state index is 12.2. The molecule has 0 aromatic carbocycles. The van der Waals surface area contributed by atoms with Gasteiger partial charge in [-0.15, -0.1) is 0 Å². The first-order valence-corrected chi connectivity index (χ1v) is 20.3. The summed E-state index contributed by atoms with van der Waals surface area (Å²) in [6.45, 7) is 3.85. The Morgan fingerprint density at radius 2 is 1.21 bits per heavy atom. The smallest absolute Gasteiger partial charge is 0.469 e. The van der Waals surface area contributed by atoms with Crippen molar-refractivity contribution in [1.29, 1.82) is 0 Å². The van der Waals surface area contributed by atoms with Crippen molar-refractivity contribution in [2.75, 3.05) is 13.2 Å². The van der Waals surface area contributed by atoms with Gasteiger partial charge in [0.1, 0.15) is 6.61 Å². The van der Waals surface area contributed by atoms with Crippen LogP contribution >= 0.6 is 7.82 Å². The molecule has 0 radical (unpaired) electrons. The van der Waals surface area contributed by atoms with Gasteiger partial charge >= 0.3 is 13.8 Å². The minimum atomic E-state index is -4.69. The molecule has 0 amide bonds. The third-order valence-corrected chi connectivity index (χ3v) is 8.25. The third-order valence-electron chi connectivity index (χ3n) is 7.76. The summed E-state index contributed by atoms with van der Waals surface area (Å²) in [6, 6.07) is 0. The van der Waals surface area contributed by atoms with Gasteiger partial charge in [0, 0.05) is 6.42 Å². The zero-order valence-electron chi connectivity index (χ0n) is 30.2. The molecule has 0 rings (SSSR count). The Hall–Kier alpha value is -1.96. The zero-order chi connectivity index (χ0) is 35.4. The second-order valence-corrected chi connectivity index (χ2v) is 13.7. The van der Waals surface area contributed by atoms with Crippen molar-refractivity contribution in [1.82, 2.24) is 0 Å². The van der Waals surface area contributed by atoms with E-state index in [2.05, 4.69) is 42.7 Å². The lowest BCUT2D eigenvalue weighted by Crippen LogP contribution is -2.25. The number of carbonyl (C=O) groups is 1. The summed E-state index contributed by atoms with van der Waals surface area (Å²) >= 11 is 0. The molecule has 0 aliphatic rings. The number of hydrogen-bond donors (Lipinski definition) is 3. The number of unbranched alkanes of at least 4 members (excludes halogenated alkanes) is 15. The molecule has 0 aromatic heterocycles. The number of hydrogen-bond acceptors (Lipinski definition) is 6. The SMILES string of the molecule is CCCCC/C=C\C/C=C\C/C=C\C=C\[C@@H](O)CCCC(=O)OC[C@H](COP(=O)(O)O)O/C=C/CCCCCCCCCCCCCC. The fourth-order valence-electron chi connectivity index (χ4n) is 4.88. The molecule has 0 saturated carbocycles. The standard InChI is InChI=1S/C39H69O8P/c1-3-5-7-9-11-13-15-17-19-21-23-25-27-29-34-45-38(36-47-48(42,43)44)35-46-39(41)33-30-32-37(40)31-28-26-24-22-20-18-16-14-12-10-8-6-4-2/h12,14,18,20,24,26,28-29,31,34,37-38,40H,3-11,13,15-17,19,21-23,25,27,30,32-33,35-36H2,1-2H3,(H2,42,43,44)/b14-12-,20-18-,26-24-,31-28+,34-29+/t37-,38-/m1/s1. The van der Waals surface area contributed by atoms with E-state index in [9.17, 15) is 14.5 Å². The first-order chi connectivity index (χ1) is 23.3. The molecule has 278 valence electrons. The Kier molecular flexibility index (Phi) is 33.5. The summed E-state index contributed by atoms with van der Waals surface area (Å²) in [5, 5.41) is 10.2. The second-order valence-electron chi connectivity index (χ2n) is 12.5. The fraction of sp³-hybridized carbons (Fsp3) is 0.718. The number of allylic oxidation sites excluding steroid dienone is 8. The average molecular weight is 697 g/mol. The van der Waals surface area contributed by atoms with E-state index >= 15 is 0 Å². The number of esters is 1. The van der Waals surface area contributed by atoms with Crippen LogP contribution in [0.4, 0.5) is 0 Å². The first kappa shape index (κ1) is 46.0. The lowest BCUT2D eigenvalue weighted by atomic mass is 10.0. The van der Waals surface area contributed by atoms with Gasteiger partial charge in [0.05, 0.1) is 19.0 Å². The van der Waals surface area contributed by atoms with E-state index in [4.69, 9.17) is 19.3 Å². The topological polar surface area (TPSA) is 123 Å². The van der Waals surface area contributed by atoms with E-state index in [0.717, 1.165) is 38.5 Å². The highest BCUT2D eigenvalue weighted by Crippen LogP contribution is 2.35. The van der Waals surface area contributed by atoms with Gasteiger partial charge in [0.15, 0.2) is 6.10 Å². The molecule has 2 atom stereocenters. The monoisotopic (exact) mass is 696 g/mol. The normalized spacial score (nSPS) is 13.9. The lowest BCUT2D eigenvalue weighted by molar-refractivity contribution is -0.147. The van der Waals surface area contributed by atoms with Gasteiger partial charge in [-0.1, -0.05) is 146 Å². The maximum Gasteiger partial charge on any atom is 0.469 e. The molecule has 9 heteroatoms. The van der Waals surface area contributed by atoms with Crippen molar-refractivity contribution in [3.63, 3.8) is 0 Å². The van der Waals surface area contributed by atoms with E-state index in [1.165, 1.54) is 89.7 Å². The Morgan fingerprint density at radius 1 is 0.667 bits per heavy atom. The van der Waals surface area contributed by atoms with Crippen LogP contribution in [-0.2, 0) is 23.4 Å². The highest BCUT2D eigenvalue weighted by Gasteiger charge is 2.20. The minimum absolute atomic E-state index is 0.111. The van der Waals surface area contributed by atoms with Crippen molar-refractivity contribution in [3.8, 4) is 0 Å². The highest BCUT2D eigenvalue weighted by molar-refractivity contribution is 7.46. The molecule has 0 heterocycles. The van der Waals surface area contributed by atoms with E-state index in [-0.39, 0.29) is 13.0 Å². The number of ether oxygens (including phenoxy) is 2. The summed E-state index contributed by atoms with van der Waals surface area (Å²) in [4.78, 5) is 30.3. The van der Waals surface area contributed by atoms with Gasteiger partial charge in [0.25, 0.3) is 0 Å². The minimum Gasteiger partial charge on any atom is -0.492 e. The zero-order valence-corrected chi connectivity index (χ0v) is 31.1. The molecular formula is C39H69O8P. The molecule has 0 unspecified atom stereocenters. The molecule has 0 spiro atoms. The van der Waals surface area contributed by atoms with Crippen LogP contribution in [0.2, 0.25) is 0 Å². The quantitative estimate of drug-likeness (QED) is 0.0152. The molecule has 0 saturated heterocycles. The Bertz CT molecular complexity index is 921. The number of aliphatic hydroxyl groups is 1. The van der Waals surface area contributed by atoms with E-state index < -0.39 is 32.6 Å². The molecule has 0 aliphatic carbocycles. The Labute approximate surface area is 293 Å². The molecular weight excluding hydrogens is 627 g/mol. The van der Waals surface area contributed by atoms with Crippen LogP contribution in [0.15, 0.2) is 60.9 Å². The van der Waals surface area contributed by atoms with Crippen LogP contribution in [0.3, 0.4) is 0 Å². The molecule has 0 fully saturated rings. The predicted molar refractivity (Wildman–Crippen MR) is 198 cm³/mol. The number of phosphoric ester groups is 1. The number of carbonyl (C=O) groups excluding carboxylic acids is 1. The van der Waals surface area contributed by atoms with Crippen molar-refractivity contribution in [3.05, 3.63) is 60.9 Å². The van der Waals surface area contributed by atoms with Crippen LogP contribution < -0.4 is 0 Å². The van der Waals surface area contributed by atoms with E-state index in [1.807, 2.05) is 18.2 Å². The van der Waals surface area contributed by atoms with Gasteiger partial charge in [-0.3, -0.25) is 9.32 Å². The predicted octanol–water partition coefficient (Wildman–Crippen LogP) is 10.7. The van der Waals surface area contributed by atoms with Crippen LogP contribution in [-0.4, -0.2) is 46.3 Å². The molecule has 0 bridgehead atoms. The van der Waals surface area contributed by atoms with Gasteiger partial charge < -0.3 is 24.4 Å². The first-order valence-electron chi connectivity index (χ1n) is 18.8. The molecule has 0 aliphatic heterocycles. The largest absolute Gasteiger partial charge is 0.492 e. The van der Waals surface area contributed by atoms with Gasteiger partial charge in [-0.05, 0) is 57.4 Å². The fourth-order valence-corrected chi connectivity index (χ4v) is 5.24. The molecule has 0 aromatic rings. The maximum absolute atomic E-state index is 12.2. The third kappa shape index (κ3) is 36.9. The summed E-state index contributed by atoms with van der Waals surface area (Å²) in [6.07, 6.45) is 41.9. The van der Waals surface area contributed by atoms with E-state index in [1.54, 1.807) is 12.2 Å². The van der Waals surface area contributed by atoms with Crippen LogP contribution in [0.25, 0.3) is 0 Å². The summed E-state index contributed by atoms with van der Waals surface area (Å²) in [5.41, 5.74) is 0. The Balaban J connectivity index is 4.12. The van der Waals surface area contributed by atoms with Crippen LogP contribution in [0.1, 0.15) is 155 Å². The molecule has 3 N–H and O–H groups in total. The molecule has 8 nitrogen and oxygen atoms in total. The summed E-state index contributed by atoms with van der Waals surface area (Å²) in [5.74, 6) is -0.473. The van der Waals surface area contributed by atoms with Crippen LogP contribution in [0, 0.1) is 0 Å². The van der Waals surface area contributed by atoms with Crippen molar-refractivity contribution < 1.29 is 38.3 Å². The van der Waals surface area contributed by atoms with Crippen molar-refractivity contribution >= 4 is 13.8 Å². The van der Waals surface area contributed by atoms with Gasteiger partial charge in [-0.25, -0.2) is 4.57 Å². The van der Waals surface area contributed by atoms with Gasteiger partial charge in [0.2, 0.25) is 0 Å². The van der Waals surface area contributed by atoms with Crippen LogP contribution in [0.5, 0.6) is 0 Å². The lowest BCUT2D eigenvalue weighted by Gasteiger charge is -2.17. The number of phosphoric acid groups is 1. The Morgan fingerprint density at radius 3 is 1.85 bits per heavy atom. The highest BCUT2D eigenvalue weighted by atomic mass is 31.2. The number of aliphatic hydroxyl groups excluding tert-OH is 1. The summed E-state index contributed by atoms with van der Waals surface area (Å²) < 4.78 is 26.5. The summed E-state index contributed by atoms with van der Waals surface area (Å²) in [7, 11) is -4.69. The average Bonchev–Trinajstić information content (AvgIpc) is 3.05.